The van der Waals surface area contributed by atoms with Gasteiger partial charge in [0.05, 0.1) is 6.54 Å². The van der Waals surface area contributed by atoms with Crippen molar-refractivity contribution < 1.29 is 0 Å². The van der Waals surface area contributed by atoms with Crippen LogP contribution in [0.25, 0.3) is 0 Å². The fourth-order valence-electron chi connectivity index (χ4n) is 2.63. The average Bonchev–Trinajstić information content (AvgIpc) is 2.44. The van der Waals surface area contributed by atoms with Crippen molar-refractivity contribution in [1.29, 1.82) is 0 Å². The van der Waals surface area contributed by atoms with Crippen LogP contribution in [0.3, 0.4) is 0 Å². The predicted molar refractivity (Wildman–Crippen MR) is 99.2 cm³/mol. The molecule has 0 amide bonds. The highest BCUT2D eigenvalue weighted by Crippen LogP contribution is 2.17. The Balaban J connectivity index is 0.00000361. The molecule has 4 nitrogen and oxygen atoms in total. The van der Waals surface area contributed by atoms with Crippen molar-refractivity contribution in [3.05, 3.63) is 0 Å². The minimum atomic E-state index is 0. The summed E-state index contributed by atoms with van der Waals surface area (Å²) in [4.78, 5) is 7.38. The molecule has 1 rings (SSSR count). The minimum Gasteiger partial charge on any atom is -0.357 e. The van der Waals surface area contributed by atoms with Gasteiger partial charge in [-0.2, -0.15) is 0 Å². The molecule has 0 spiro atoms. The zero-order valence-electron chi connectivity index (χ0n) is 13.5. The first-order valence-corrected chi connectivity index (χ1v) is 8.08. The van der Waals surface area contributed by atoms with E-state index in [1.807, 2.05) is 0 Å². The Hall–Kier alpha value is -0.0400. The Morgan fingerprint density at radius 2 is 1.85 bits per heavy atom. The molecule has 1 atom stereocenters. The van der Waals surface area contributed by atoms with E-state index in [-0.39, 0.29) is 24.0 Å². The summed E-state index contributed by atoms with van der Waals surface area (Å²) < 4.78 is 0. The summed E-state index contributed by atoms with van der Waals surface area (Å²) in [5.74, 6) is 0.964. The summed E-state index contributed by atoms with van der Waals surface area (Å²) in [7, 11) is 0. The summed E-state index contributed by atoms with van der Waals surface area (Å²) >= 11 is 0. The Labute approximate surface area is 142 Å². The lowest BCUT2D eigenvalue weighted by atomic mass is 10.0. The number of piperidine rings is 1. The number of rotatable bonds is 7. The van der Waals surface area contributed by atoms with Crippen LogP contribution in [0.2, 0.25) is 0 Å². The molecule has 1 aliphatic heterocycles. The lowest BCUT2D eigenvalue weighted by Crippen LogP contribution is -2.43. The number of nitrogens with zero attached hydrogens (tertiary/aromatic N) is 2. The van der Waals surface area contributed by atoms with Gasteiger partial charge in [0.15, 0.2) is 5.96 Å². The van der Waals surface area contributed by atoms with Crippen LogP contribution < -0.4 is 10.6 Å². The number of nitrogens with one attached hydrogen (secondary N) is 2. The third-order valence-electron chi connectivity index (χ3n) is 3.70. The molecule has 20 heavy (non-hydrogen) atoms. The standard InChI is InChI=1S/C15H32N4.HI/c1-4-7-11-19-12-9-8-10-14(19)13-18-15(16-5-2)17-6-3;/h14H,4-13H2,1-3H3,(H2,16,17,18);1H. The Kier molecular flexibility index (Phi) is 12.7. The maximum atomic E-state index is 4.74. The lowest BCUT2D eigenvalue weighted by molar-refractivity contribution is 0.151. The minimum absolute atomic E-state index is 0. The Morgan fingerprint density at radius 1 is 1.15 bits per heavy atom. The fourth-order valence-corrected chi connectivity index (χ4v) is 2.63. The third kappa shape index (κ3) is 7.67. The van der Waals surface area contributed by atoms with Gasteiger partial charge in [-0.1, -0.05) is 19.8 Å². The summed E-state index contributed by atoms with van der Waals surface area (Å²) in [6.07, 6.45) is 6.62. The summed E-state index contributed by atoms with van der Waals surface area (Å²) in [5.41, 5.74) is 0. The quantitative estimate of drug-likeness (QED) is 0.395. The first kappa shape index (κ1) is 20.0. The number of aliphatic imine (C=N–C) groups is 1. The van der Waals surface area contributed by atoms with Gasteiger partial charge in [-0.3, -0.25) is 9.89 Å². The van der Waals surface area contributed by atoms with E-state index in [1.54, 1.807) is 0 Å². The van der Waals surface area contributed by atoms with Gasteiger partial charge in [0.25, 0.3) is 0 Å². The predicted octanol–water partition coefficient (Wildman–Crippen LogP) is 2.83. The smallest absolute Gasteiger partial charge is 0.191 e. The third-order valence-corrected chi connectivity index (χ3v) is 3.70. The summed E-state index contributed by atoms with van der Waals surface area (Å²) in [6, 6.07) is 0.646. The highest BCUT2D eigenvalue weighted by Gasteiger charge is 2.21. The molecule has 0 bridgehead atoms. The van der Waals surface area contributed by atoms with Gasteiger partial charge < -0.3 is 10.6 Å². The summed E-state index contributed by atoms with van der Waals surface area (Å²) in [6.45, 7) is 11.8. The molecule has 0 radical (unpaired) electrons. The van der Waals surface area contributed by atoms with Crippen LogP contribution >= 0.6 is 24.0 Å². The molecule has 1 unspecified atom stereocenters. The molecule has 2 N–H and O–H groups in total. The van der Waals surface area contributed by atoms with Gasteiger partial charge in [-0.25, -0.2) is 0 Å². The molecule has 0 aromatic carbocycles. The number of guanidine groups is 1. The molecule has 120 valence electrons. The molecule has 1 aliphatic rings. The second-order valence-electron chi connectivity index (χ2n) is 5.29. The van der Waals surface area contributed by atoms with E-state index in [1.165, 1.54) is 45.2 Å². The first-order chi connectivity index (χ1) is 9.31. The van der Waals surface area contributed by atoms with Gasteiger partial charge in [0.2, 0.25) is 0 Å². The summed E-state index contributed by atoms with van der Waals surface area (Å²) in [5, 5.41) is 6.60. The molecule has 1 fully saturated rings. The monoisotopic (exact) mass is 396 g/mol. The van der Waals surface area contributed by atoms with Crippen molar-refractivity contribution >= 4 is 29.9 Å². The Bertz CT molecular complexity index is 250. The number of halogens is 1. The zero-order chi connectivity index (χ0) is 13.9. The van der Waals surface area contributed by atoms with Crippen LogP contribution in [0, 0.1) is 0 Å². The largest absolute Gasteiger partial charge is 0.357 e. The lowest BCUT2D eigenvalue weighted by Gasteiger charge is -2.35. The molecule has 0 aliphatic carbocycles. The fraction of sp³-hybridized carbons (Fsp3) is 0.933. The van der Waals surface area contributed by atoms with E-state index in [0.29, 0.717) is 6.04 Å². The highest BCUT2D eigenvalue weighted by atomic mass is 127. The second-order valence-corrected chi connectivity index (χ2v) is 5.29. The van der Waals surface area contributed by atoms with Gasteiger partial charge >= 0.3 is 0 Å². The Morgan fingerprint density at radius 3 is 2.45 bits per heavy atom. The van der Waals surface area contributed by atoms with Crippen molar-refractivity contribution in [2.45, 2.75) is 58.9 Å². The van der Waals surface area contributed by atoms with Crippen LogP contribution in [0.15, 0.2) is 4.99 Å². The van der Waals surface area contributed by atoms with Crippen LogP contribution in [-0.2, 0) is 0 Å². The molecule has 5 heteroatoms. The van der Waals surface area contributed by atoms with Crippen molar-refractivity contribution in [3.8, 4) is 0 Å². The van der Waals surface area contributed by atoms with E-state index in [2.05, 4.69) is 36.3 Å². The highest BCUT2D eigenvalue weighted by molar-refractivity contribution is 14.0. The molecular weight excluding hydrogens is 363 g/mol. The maximum Gasteiger partial charge on any atom is 0.191 e. The average molecular weight is 396 g/mol. The van der Waals surface area contributed by atoms with Crippen molar-refractivity contribution in [2.75, 3.05) is 32.7 Å². The van der Waals surface area contributed by atoms with Crippen molar-refractivity contribution in [1.82, 2.24) is 15.5 Å². The van der Waals surface area contributed by atoms with Gasteiger partial charge in [-0.15, -0.1) is 24.0 Å². The molecule has 1 saturated heterocycles. The van der Waals surface area contributed by atoms with E-state index in [4.69, 9.17) is 4.99 Å². The molecule has 0 aromatic heterocycles. The molecular formula is C15H33IN4. The van der Waals surface area contributed by atoms with Gasteiger partial charge in [-0.05, 0) is 46.2 Å². The number of hydrogen-bond acceptors (Lipinski definition) is 2. The number of likely N-dealkylation sites (tertiary alicyclic amines) is 1. The van der Waals surface area contributed by atoms with E-state index < -0.39 is 0 Å². The maximum absolute atomic E-state index is 4.74. The van der Waals surface area contributed by atoms with Crippen LogP contribution in [0.5, 0.6) is 0 Å². The molecule has 0 aromatic rings. The van der Waals surface area contributed by atoms with E-state index >= 15 is 0 Å². The topological polar surface area (TPSA) is 39.7 Å². The van der Waals surface area contributed by atoms with E-state index in [9.17, 15) is 0 Å². The number of hydrogen-bond donors (Lipinski definition) is 2. The van der Waals surface area contributed by atoms with Crippen LogP contribution in [-0.4, -0.2) is 49.6 Å². The molecule has 0 saturated carbocycles. The van der Waals surface area contributed by atoms with Crippen LogP contribution in [0.4, 0.5) is 0 Å². The van der Waals surface area contributed by atoms with Gasteiger partial charge in [0.1, 0.15) is 0 Å². The van der Waals surface area contributed by atoms with Crippen molar-refractivity contribution in [3.63, 3.8) is 0 Å². The number of unbranched alkanes of at least 4 members (excludes halogenated alkanes) is 1. The zero-order valence-corrected chi connectivity index (χ0v) is 15.8. The van der Waals surface area contributed by atoms with Crippen molar-refractivity contribution in [2.24, 2.45) is 4.99 Å². The van der Waals surface area contributed by atoms with E-state index in [0.717, 1.165) is 25.6 Å². The normalized spacial score (nSPS) is 19.1. The van der Waals surface area contributed by atoms with Gasteiger partial charge in [0, 0.05) is 19.1 Å². The first-order valence-electron chi connectivity index (χ1n) is 8.08. The molecule has 1 heterocycles. The second kappa shape index (κ2) is 12.7. The van der Waals surface area contributed by atoms with Crippen LogP contribution in [0.1, 0.15) is 52.9 Å². The SMILES string of the molecule is CCCCN1CCCCC1CN=C(NCC)NCC.I.